The molecule has 0 unspecified atom stereocenters. The lowest BCUT2D eigenvalue weighted by Crippen LogP contribution is -2.24. The first kappa shape index (κ1) is 14.9. The van der Waals surface area contributed by atoms with Gasteiger partial charge in [-0.3, -0.25) is 4.79 Å². The summed E-state index contributed by atoms with van der Waals surface area (Å²) >= 11 is 5.90. The molecule has 2 rings (SSSR count). The summed E-state index contributed by atoms with van der Waals surface area (Å²) in [6.45, 7) is -0.164. The van der Waals surface area contributed by atoms with Crippen LogP contribution in [0, 0.1) is 0 Å². The number of nitrogens with one attached hydrogen (secondary N) is 1. The zero-order valence-corrected chi connectivity index (χ0v) is 11.8. The van der Waals surface area contributed by atoms with E-state index in [1.807, 2.05) is 0 Å². The van der Waals surface area contributed by atoms with Gasteiger partial charge in [0.15, 0.2) is 6.61 Å². The fraction of sp³-hybridized carbons (Fsp3) is 0.0667. The van der Waals surface area contributed by atoms with Crippen LogP contribution in [0.2, 0.25) is 5.02 Å². The van der Waals surface area contributed by atoms with Crippen LogP contribution in [0.4, 0.5) is 0 Å². The summed E-state index contributed by atoms with van der Waals surface area (Å²) in [5, 5.41) is 4.19. The molecule has 0 radical (unpaired) electrons. The van der Waals surface area contributed by atoms with Gasteiger partial charge in [-0.05, 0) is 36.4 Å². The van der Waals surface area contributed by atoms with E-state index in [1.165, 1.54) is 6.21 Å². The first-order valence-electron chi connectivity index (χ1n) is 6.15. The Balaban J connectivity index is 1.71. The zero-order chi connectivity index (χ0) is 14.9. The number of allylic oxidation sites excluding steroid dienone is 1. The van der Waals surface area contributed by atoms with Crippen molar-refractivity contribution in [3.63, 3.8) is 0 Å². The smallest absolute Gasteiger partial charge is 0.277 e. The van der Waals surface area contributed by atoms with Crippen LogP contribution in [-0.4, -0.2) is 18.7 Å². The van der Waals surface area contributed by atoms with Crippen LogP contribution < -0.4 is 10.2 Å². The number of amides is 1. The molecular formula is C15H13ClN2O3. The van der Waals surface area contributed by atoms with E-state index in [9.17, 15) is 4.79 Å². The van der Waals surface area contributed by atoms with Crippen LogP contribution in [0.15, 0.2) is 58.3 Å². The largest absolute Gasteiger partial charge is 0.482 e. The molecule has 21 heavy (non-hydrogen) atoms. The third kappa shape index (κ3) is 5.16. The van der Waals surface area contributed by atoms with Crippen molar-refractivity contribution in [3.8, 4) is 5.75 Å². The molecule has 0 fully saturated rings. The number of hydrogen-bond donors (Lipinski definition) is 1. The fourth-order valence-corrected chi connectivity index (χ4v) is 1.60. The van der Waals surface area contributed by atoms with E-state index in [1.54, 1.807) is 54.8 Å². The summed E-state index contributed by atoms with van der Waals surface area (Å²) in [5.41, 5.74) is 2.33. The van der Waals surface area contributed by atoms with Gasteiger partial charge in [-0.2, -0.15) is 5.10 Å². The summed E-state index contributed by atoms with van der Waals surface area (Å²) in [6.07, 6.45) is 6.38. The highest BCUT2D eigenvalue weighted by Gasteiger charge is 2.03. The first-order chi connectivity index (χ1) is 10.3. The minimum absolute atomic E-state index is 0.164. The van der Waals surface area contributed by atoms with Crippen molar-refractivity contribution >= 4 is 29.8 Å². The molecule has 1 heterocycles. The zero-order valence-electron chi connectivity index (χ0n) is 11.0. The number of furan rings is 1. The van der Waals surface area contributed by atoms with E-state index < -0.39 is 0 Å². The quantitative estimate of drug-likeness (QED) is 0.658. The number of hydrazone groups is 1. The van der Waals surface area contributed by atoms with Crippen molar-refractivity contribution in [2.45, 2.75) is 0 Å². The molecule has 0 aliphatic heterocycles. The fourth-order valence-electron chi connectivity index (χ4n) is 1.41. The van der Waals surface area contributed by atoms with Gasteiger partial charge in [-0.25, -0.2) is 5.43 Å². The number of para-hydroxylation sites is 1. The number of carbonyl (C=O) groups is 1. The van der Waals surface area contributed by atoms with Crippen molar-refractivity contribution in [3.05, 3.63) is 59.5 Å². The number of ether oxygens (including phenoxy) is 1. The number of rotatable bonds is 6. The summed E-state index contributed by atoms with van der Waals surface area (Å²) in [7, 11) is 0. The molecular weight excluding hydrogens is 292 g/mol. The topological polar surface area (TPSA) is 63.8 Å². The van der Waals surface area contributed by atoms with Gasteiger partial charge < -0.3 is 9.15 Å². The van der Waals surface area contributed by atoms with Crippen LogP contribution in [-0.2, 0) is 4.79 Å². The number of nitrogens with zero attached hydrogens (tertiary/aromatic N) is 1. The van der Waals surface area contributed by atoms with E-state index >= 15 is 0 Å². The van der Waals surface area contributed by atoms with Crippen molar-refractivity contribution in [2.24, 2.45) is 5.10 Å². The SMILES string of the molecule is O=C(COc1ccccc1Cl)NN=CC=Cc1ccco1. The Morgan fingerprint density at radius 3 is 2.95 bits per heavy atom. The summed E-state index contributed by atoms with van der Waals surface area (Å²) in [6, 6.07) is 10.5. The Kier molecular flexibility index (Phi) is 5.60. The third-order valence-corrected chi connectivity index (χ3v) is 2.66. The predicted molar refractivity (Wildman–Crippen MR) is 81.3 cm³/mol. The molecule has 1 aromatic carbocycles. The molecule has 108 valence electrons. The second-order valence-corrected chi connectivity index (χ2v) is 4.31. The summed E-state index contributed by atoms with van der Waals surface area (Å²) < 4.78 is 10.4. The number of carbonyl (C=O) groups excluding carboxylic acids is 1. The van der Waals surface area contributed by atoms with Gasteiger partial charge >= 0.3 is 0 Å². The molecule has 0 saturated heterocycles. The highest BCUT2D eigenvalue weighted by atomic mass is 35.5. The molecule has 2 aromatic rings. The van der Waals surface area contributed by atoms with E-state index in [2.05, 4.69) is 10.5 Å². The van der Waals surface area contributed by atoms with Crippen molar-refractivity contribution in [2.75, 3.05) is 6.61 Å². The van der Waals surface area contributed by atoms with Gasteiger partial charge in [0.05, 0.1) is 11.3 Å². The molecule has 1 amide bonds. The average Bonchev–Trinajstić information content (AvgIpc) is 2.99. The van der Waals surface area contributed by atoms with Gasteiger partial charge in [0.25, 0.3) is 5.91 Å². The molecule has 5 nitrogen and oxygen atoms in total. The molecule has 0 saturated carbocycles. The van der Waals surface area contributed by atoms with E-state index in [-0.39, 0.29) is 12.5 Å². The lowest BCUT2D eigenvalue weighted by Gasteiger charge is -2.05. The molecule has 0 atom stereocenters. The van der Waals surface area contributed by atoms with Gasteiger partial charge in [-0.1, -0.05) is 23.7 Å². The Morgan fingerprint density at radius 1 is 1.33 bits per heavy atom. The molecule has 0 aliphatic rings. The monoisotopic (exact) mass is 304 g/mol. The van der Waals surface area contributed by atoms with E-state index in [4.69, 9.17) is 20.8 Å². The first-order valence-corrected chi connectivity index (χ1v) is 6.53. The normalized spacial score (nSPS) is 11.1. The van der Waals surface area contributed by atoms with Crippen LogP contribution in [0.3, 0.4) is 0 Å². The van der Waals surface area contributed by atoms with Crippen LogP contribution in [0.1, 0.15) is 5.76 Å². The Labute approximate surface area is 126 Å². The third-order valence-electron chi connectivity index (χ3n) is 2.35. The van der Waals surface area contributed by atoms with Gasteiger partial charge in [-0.15, -0.1) is 0 Å². The maximum Gasteiger partial charge on any atom is 0.277 e. The van der Waals surface area contributed by atoms with Gasteiger partial charge in [0.1, 0.15) is 11.5 Å². The summed E-state index contributed by atoms with van der Waals surface area (Å²) in [5.74, 6) is 0.781. The van der Waals surface area contributed by atoms with Crippen molar-refractivity contribution in [1.82, 2.24) is 5.43 Å². The Bertz CT molecular complexity index is 636. The molecule has 1 aromatic heterocycles. The van der Waals surface area contributed by atoms with Crippen molar-refractivity contribution in [1.29, 1.82) is 0 Å². The maximum absolute atomic E-state index is 11.5. The number of benzene rings is 1. The molecule has 1 N–H and O–H groups in total. The second kappa shape index (κ2) is 7.91. The van der Waals surface area contributed by atoms with E-state index in [0.717, 1.165) is 0 Å². The van der Waals surface area contributed by atoms with Gasteiger partial charge in [0, 0.05) is 6.21 Å². The molecule has 0 aliphatic carbocycles. The standard InChI is InChI=1S/C15H13ClN2O3/c16-13-7-1-2-8-14(13)21-11-15(19)18-17-9-3-5-12-6-4-10-20-12/h1-10H,11H2,(H,18,19). The van der Waals surface area contributed by atoms with Crippen molar-refractivity contribution < 1.29 is 13.9 Å². The minimum Gasteiger partial charge on any atom is -0.482 e. The van der Waals surface area contributed by atoms with Crippen LogP contribution in [0.5, 0.6) is 5.75 Å². The van der Waals surface area contributed by atoms with Gasteiger partial charge in [0.2, 0.25) is 0 Å². The maximum atomic E-state index is 11.5. The number of halogens is 1. The molecule has 6 heteroatoms. The summed E-state index contributed by atoms with van der Waals surface area (Å²) in [4.78, 5) is 11.5. The Morgan fingerprint density at radius 2 is 2.19 bits per heavy atom. The highest BCUT2D eigenvalue weighted by molar-refractivity contribution is 6.32. The average molecular weight is 305 g/mol. The lowest BCUT2D eigenvalue weighted by atomic mass is 10.3. The number of hydrogen-bond acceptors (Lipinski definition) is 4. The molecule has 0 spiro atoms. The predicted octanol–water partition coefficient (Wildman–Crippen LogP) is 3.13. The highest BCUT2D eigenvalue weighted by Crippen LogP contribution is 2.22. The van der Waals surface area contributed by atoms with Crippen LogP contribution >= 0.6 is 11.6 Å². The van der Waals surface area contributed by atoms with E-state index in [0.29, 0.717) is 16.5 Å². The minimum atomic E-state index is -0.377. The molecule has 0 bridgehead atoms. The van der Waals surface area contributed by atoms with Crippen LogP contribution in [0.25, 0.3) is 6.08 Å². The Hall–Kier alpha value is -2.53. The lowest BCUT2D eigenvalue weighted by molar-refractivity contribution is -0.123. The second-order valence-electron chi connectivity index (χ2n) is 3.91.